The van der Waals surface area contributed by atoms with E-state index < -0.39 is 42.8 Å². The van der Waals surface area contributed by atoms with Crippen LogP contribution in [-0.4, -0.2) is 73.5 Å². The quantitative estimate of drug-likeness (QED) is 0.249. The molecule has 0 saturated carbocycles. The monoisotopic (exact) mass is 348 g/mol. The standard InChI is InChI=1S/C12H20N4O6S/c1-16-11(21)5(13)9(15-12(16)23-2)14-10-8(20)7(19)6(18)4(3-17)22-10/h4,6-8,10,14,17-20H,3,13H2,1-2H3/t4-,6+,7+,8+,10-/m0/s1. The highest BCUT2D eigenvalue weighted by Crippen LogP contribution is 2.24. The molecule has 0 amide bonds. The molecule has 0 aromatic carbocycles. The number of thioether (sulfide) groups is 1. The molecular formula is C12H20N4O6S. The van der Waals surface area contributed by atoms with Gasteiger partial charge in [-0.2, -0.15) is 0 Å². The van der Waals surface area contributed by atoms with Gasteiger partial charge >= 0.3 is 0 Å². The summed E-state index contributed by atoms with van der Waals surface area (Å²) in [6, 6.07) is 0. The molecule has 0 aliphatic carbocycles. The number of aliphatic hydroxyl groups is 4. The van der Waals surface area contributed by atoms with Gasteiger partial charge < -0.3 is 36.2 Å². The lowest BCUT2D eigenvalue weighted by atomic mass is 9.98. The van der Waals surface area contributed by atoms with Crippen molar-refractivity contribution in [2.75, 3.05) is 23.9 Å². The summed E-state index contributed by atoms with van der Waals surface area (Å²) in [5.74, 6) is -0.0122. The van der Waals surface area contributed by atoms with E-state index >= 15 is 0 Å². The minimum Gasteiger partial charge on any atom is -0.394 e. The second-order valence-electron chi connectivity index (χ2n) is 5.12. The van der Waals surface area contributed by atoms with Crippen molar-refractivity contribution in [3.8, 4) is 0 Å². The van der Waals surface area contributed by atoms with Gasteiger partial charge in [0, 0.05) is 7.05 Å². The zero-order valence-electron chi connectivity index (χ0n) is 12.6. The van der Waals surface area contributed by atoms with Crippen molar-refractivity contribution in [1.82, 2.24) is 9.55 Å². The third-order valence-corrected chi connectivity index (χ3v) is 4.37. The topological polar surface area (TPSA) is 163 Å². The fourth-order valence-corrected chi connectivity index (χ4v) is 2.79. The molecule has 1 fully saturated rings. The maximum Gasteiger partial charge on any atom is 0.279 e. The molecule has 1 aromatic rings. The molecule has 0 bridgehead atoms. The van der Waals surface area contributed by atoms with Gasteiger partial charge in [0.25, 0.3) is 5.56 Å². The van der Waals surface area contributed by atoms with Crippen molar-refractivity contribution in [1.29, 1.82) is 0 Å². The predicted molar refractivity (Wildman–Crippen MR) is 83.1 cm³/mol. The Bertz CT molecular complexity index is 624. The number of aliphatic hydroxyl groups excluding tert-OH is 4. The summed E-state index contributed by atoms with van der Waals surface area (Å²) in [7, 11) is 1.52. The van der Waals surface area contributed by atoms with Gasteiger partial charge in [0.1, 0.15) is 30.1 Å². The molecule has 11 heteroatoms. The molecule has 10 nitrogen and oxygen atoms in total. The van der Waals surface area contributed by atoms with E-state index in [0.717, 1.165) is 0 Å². The summed E-state index contributed by atoms with van der Waals surface area (Å²) < 4.78 is 6.58. The fraction of sp³-hybridized carbons (Fsp3) is 0.667. The highest BCUT2D eigenvalue weighted by Gasteiger charge is 2.43. The molecule has 1 aliphatic heterocycles. The lowest BCUT2D eigenvalue weighted by molar-refractivity contribution is -0.221. The molecule has 7 N–H and O–H groups in total. The van der Waals surface area contributed by atoms with Gasteiger partial charge in [0.15, 0.2) is 17.2 Å². The summed E-state index contributed by atoms with van der Waals surface area (Å²) in [6.45, 7) is -0.557. The van der Waals surface area contributed by atoms with Crippen LogP contribution < -0.4 is 16.6 Å². The van der Waals surface area contributed by atoms with Gasteiger partial charge in [0.05, 0.1) is 6.61 Å². The number of nitrogen functional groups attached to an aromatic ring is 1. The number of nitrogens with two attached hydrogens (primary N) is 1. The molecular weight excluding hydrogens is 328 g/mol. The van der Waals surface area contributed by atoms with Crippen LogP contribution in [0.1, 0.15) is 0 Å². The zero-order chi connectivity index (χ0) is 17.3. The largest absolute Gasteiger partial charge is 0.394 e. The third kappa shape index (κ3) is 3.29. The van der Waals surface area contributed by atoms with Gasteiger partial charge in [-0.1, -0.05) is 11.8 Å². The predicted octanol–water partition coefficient (Wildman–Crippen LogP) is -2.70. The first-order valence-corrected chi connectivity index (χ1v) is 8.01. The lowest BCUT2D eigenvalue weighted by Crippen LogP contribution is -2.60. The van der Waals surface area contributed by atoms with Crippen molar-refractivity contribution >= 4 is 23.3 Å². The first kappa shape index (κ1) is 18.0. The molecule has 1 aliphatic rings. The number of ether oxygens (including phenoxy) is 1. The second kappa shape index (κ2) is 7.03. The van der Waals surface area contributed by atoms with Crippen LogP contribution in [0.25, 0.3) is 0 Å². The number of rotatable bonds is 4. The van der Waals surface area contributed by atoms with Crippen LogP contribution in [0.15, 0.2) is 9.95 Å². The fourth-order valence-electron chi connectivity index (χ4n) is 2.25. The van der Waals surface area contributed by atoms with Gasteiger partial charge in [-0.25, -0.2) is 4.98 Å². The number of nitrogens with zero attached hydrogens (tertiary/aromatic N) is 2. The number of nitrogens with one attached hydrogen (secondary N) is 1. The molecule has 0 spiro atoms. The molecule has 0 radical (unpaired) electrons. The highest BCUT2D eigenvalue weighted by atomic mass is 32.2. The van der Waals surface area contributed by atoms with Gasteiger partial charge in [-0.3, -0.25) is 9.36 Å². The van der Waals surface area contributed by atoms with E-state index in [4.69, 9.17) is 15.6 Å². The molecule has 23 heavy (non-hydrogen) atoms. The van der Waals surface area contributed by atoms with Crippen molar-refractivity contribution in [3.05, 3.63) is 10.4 Å². The molecule has 1 aromatic heterocycles. The van der Waals surface area contributed by atoms with Crippen LogP contribution in [0.5, 0.6) is 0 Å². The Morgan fingerprint density at radius 2 is 2.00 bits per heavy atom. The van der Waals surface area contributed by atoms with E-state index in [9.17, 15) is 20.1 Å². The van der Waals surface area contributed by atoms with Crippen LogP contribution in [0.4, 0.5) is 11.5 Å². The average molecular weight is 348 g/mol. The maximum atomic E-state index is 12.0. The molecule has 2 rings (SSSR count). The Labute approximate surface area is 135 Å². The van der Waals surface area contributed by atoms with Gasteiger partial charge in [-0.15, -0.1) is 0 Å². The zero-order valence-corrected chi connectivity index (χ0v) is 13.4. The Morgan fingerprint density at radius 3 is 2.57 bits per heavy atom. The summed E-state index contributed by atoms with van der Waals surface area (Å²) in [4.78, 5) is 16.2. The highest BCUT2D eigenvalue weighted by molar-refractivity contribution is 7.98. The maximum absolute atomic E-state index is 12.0. The Morgan fingerprint density at radius 1 is 1.35 bits per heavy atom. The number of anilines is 2. The molecule has 1 saturated heterocycles. The van der Waals surface area contributed by atoms with Crippen LogP contribution in [0.2, 0.25) is 0 Å². The van der Waals surface area contributed by atoms with Crippen molar-refractivity contribution in [2.45, 2.75) is 35.8 Å². The van der Waals surface area contributed by atoms with Crippen LogP contribution >= 0.6 is 11.8 Å². The average Bonchev–Trinajstić information content (AvgIpc) is 2.55. The van der Waals surface area contributed by atoms with Crippen LogP contribution in [0.3, 0.4) is 0 Å². The number of hydrogen-bond acceptors (Lipinski definition) is 10. The number of aromatic nitrogens is 2. The van der Waals surface area contributed by atoms with Crippen molar-refractivity contribution in [3.63, 3.8) is 0 Å². The van der Waals surface area contributed by atoms with Crippen molar-refractivity contribution in [2.24, 2.45) is 7.05 Å². The first-order valence-electron chi connectivity index (χ1n) is 6.79. The van der Waals surface area contributed by atoms with E-state index in [1.54, 1.807) is 6.26 Å². The van der Waals surface area contributed by atoms with E-state index in [2.05, 4.69) is 10.3 Å². The smallest absolute Gasteiger partial charge is 0.279 e. The Kier molecular flexibility index (Phi) is 5.49. The van der Waals surface area contributed by atoms with Gasteiger partial charge in [0.2, 0.25) is 0 Å². The van der Waals surface area contributed by atoms with Crippen molar-refractivity contribution < 1.29 is 25.2 Å². The Hall–Kier alpha value is -1.37. The minimum absolute atomic E-state index is 0.0122. The molecule has 0 unspecified atom stereocenters. The SMILES string of the molecule is CSc1nc(N[C@H]2O[C@@H](CO)[C@@H](O)[C@@H](O)[C@H]2O)c(N)c(=O)n1C. The first-order chi connectivity index (χ1) is 10.8. The minimum atomic E-state index is -1.54. The van der Waals surface area contributed by atoms with E-state index in [0.29, 0.717) is 5.16 Å². The van der Waals surface area contributed by atoms with Crippen LogP contribution in [-0.2, 0) is 11.8 Å². The lowest BCUT2D eigenvalue weighted by Gasteiger charge is -2.40. The molecule has 130 valence electrons. The third-order valence-electron chi connectivity index (χ3n) is 3.64. The summed E-state index contributed by atoms with van der Waals surface area (Å²) in [5.41, 5.74) is 5.08. The second-order valence-corrected chi connectivity index (χ2v) is 5.89. The van der Waals surface area contributed by atoms with E-state index in [1.165, 1.54) is 23.4 Å². The molecule has 5 atom stereocenters. The number of hydrogen-bond donors (Lipinski definition) is 6. The summed E-state index contributed by atoms with van der Waals surface area (Å²) in [6.07, 6.45) is -5.05. The van der Waals surface area contributed by atoms with Gasteiger partial charge in [-0.05, 0) is 6.26 Å². The summed E-state index contributed by atoms with van der Waals surface area (Å²) >= 11 is 1.22. The van der Waals surface area contributed by atoms with Crippen LogP contribution in [0, 0.1) is 0 Å². The van der Waals surface area contributed by atoms with E-state index in [1.807, 2.05) is 0 Å². The van der Waals surface area contributed by atoms with E-state index in [-0.39, 0.29) is 11.5 Å². The normalized spacial score (nSPS) is 31.1. The Balaban J connectivity index is 2.31. The molecule has 2 heterocycles. The summed E-state index contributed by atoms with van der Waals surface area (Å²) in [5, 5.41) is 41.7.